The quantitative estimate of drug-likeness (QED) is 0.839. The fraction of sp³-hybridized carbons (Fsp3) is 1.00. The van der Waals surface area contributed by atoms with Gasteiger partial charge in [0.25, 0.3) is 0 Å². The Kier molecular flexibility index (Phi) is 4.19. The summed E-state index contributed by atoms with van der Waals surface area (Å²) in [6.07, 6.45) is 7.53. The van der Waals surface area contributed by atoms with Crippen molar-refractivity contribution in [1.82, 2.24) is 10.2 Å². The summed E-state index contributed by atoms with van der Waals surface area (Å²) in [4.78, 5) is 2.84. The molecule has 0 spiro atoms. The number of piperazine rings is 1. The molecule has 2 saturated carbocycles. The van der Waals surface area contributed by atoms with Gasteiger partial charge in [0.1, 0.15) is 0 Å². The predicted octanol–water partition coefficient (Wildman–Crippen LogP) is 3.13. The first-order valence-electron chi connectivity index (χ1n) is 8.59. The van der Waals surface area contributed by atoms with E-state index in [0.29, 0.717) is 6.04 Å². The molecule has 3 rings (SSSR count). The van der Waals surface area contributed by atoms with E-state index in [1.807, 2.05) is 0 Å². The highest BCUT2D eigenvalue weighted by Crippen LogP contribution is 2.48. The van der Waals surface area contributed by atoms with E-state index in [0.717, 1.165) is 29.7 Å². The van der Waals surface area contributed by atoms with Crippen molar-refractivity contribution >= 4 is 0 Å². The zero-order valence-corrected chi connectivity index (χ0v) is 13.1. The number of nitrogens with one attached hydrogen (secondary N) is 1. The van der Waals surface area contributed by atoms with Crippen LogP contribution in [-0.4, -0.2) is 36.6 Å². The molecule has 1 saturated heterocycles. The molecule has 0 aromatic carbocycles. The second-order valence-electron chi connectivity index (χ2n) is 7.98. The van der Waals surface area contributed by atoms with Crippen molar-refractivity contribution in [2.45, 2.75) is 65.0 Å². The maximum atomic E-state index is 3.68. The first-order valence-corrected chi connectivity index (χ1v) is 8.59. The second-order valence-corrected chi connectivity index (χ2v) is 7.98. The Morgan fingerprint density at radius 2 is 2.05 bits per heavy atom. The zero-order chi connectivity index (χ0) is 13.4. The first-order chi connectivity index (χ1) is 9.11. The van der Waals surface area contributed by atoms with Crippen molar-refractivity contribution in [1.29, 1.82) is 0 Å². The van der Waals surface area contributed by atoms with Crippen molar-refractivity contribution in [3.8, 4) is 0 Å². The van der Waals surface area contributed by atoms with Gasteiger partial charge < -0.3 is 5.32 Å². The SMILES string of the molecule is CC(C)CC1CNC(C)CN1CC1CC2CCC1C2. The molecule has 3 fully saturated rings. The van der Waals surface area contributed by atoms with Gasteiger partial charge in [-0.15, -0.1) is 0 Å². The van der Waals surface area contributed by atoms with Crippen LogP contribution in [0.25, 0.3) is 0 Å². The van der Waals surface area contributed by atoms with E-state index < -0.39 is 0 Å². The van der Waals surface area contributed by atoms with Gasteiger partial charge in [-0.05, 0) is 56.3 Å². The Morgan fingerprint density at radius 1 is 1.21 bits per heavy atom. The lowest BCUT2D eigenvalue weighted by atomic mass is 9.87. The van der Waals surface area contributed by atoms with Gasteiger partial charge in [0.15, 0.2) is 0 Å². The predicted molar refractivity (Wildman–Crippen MR) is 81.2 cm³/mol. The van der Waals surface area contributed by atoms with Crippen LogP contribution in [0.2, 0.25) is 0 Å². The third kappa shape index (κ3) is 3.16. The molecular formula is C17H32N2. The van der Waals surface area contributed by atoms with E-state index in [2.05, 4.69) is 31.0 Å². The highest BCUT2D eigenvalue weighted by atomic mass is 15.2. The third-order valence-electron chi connectivity index (χ3n) is 5.82. The van der Waals surface area contributed by atoms with E-state index in [-0.39, 0.29) is 0 Å². The molecule has 1 N–H and O–H groups in total. The summed E-state index contributed by atoms with van der Waals surface area (Å²) in [5, 5.41) is 3.68. The van der Waals surface area contributed by atoms with E-state index in [4.69, 9.17) is 0 Å². The molecule has 0 amide bonds. The number of rotatable bonds is 4. The third-order valence-corrected chi connectivity index (χ3v) is 5.82. The van der Waals surface area contributed by atoms with Crippen LogP contribution in [-0.2, 0) is 0 Å². The van der Waals surface area contributed by atoms with Gasteiger partial charge in [-0.1, -0.05) is 20.3 Å². The summed E-state index contributed by atoms with van der Waals surface area (Å²) in [6, 6.07) is 1.47. The molecule has 2 aliphatic carbocycles. The van der Waals surface area contributed by atoms with Crippen molar-refractivity contribution in [3.05, 3.63) is 0 Å². The highest BCUT2D eigenvalue weighted by Gasteiger charge is 2.41. The minimum absolute atomic E-state index is 0.682. The van der Waals surface area contributed by atoms with E-state index in [1.54, 1.807) is 6.42 Å². The fourth-order valence-electron chi connectivity index (χ4n) is 4.93. The van der Waals surface area contributed by atoms with Gasteiger partial charge in [0, 0.05) is 31.7 Å². The fourth-order valence-corrected chi connectivity index (χ4v) is 4.93. The zero-order valence-electron chi connectivity index (χ0n) is 13.1. The summed E-state index contributed by atoms with van der Waals surface area (Å²) in [6.45, 7) is 11.0. The molecule has 5 unspecified atom stereocenters. The molecule has 1 aliphatic heterocycles. The maximum absolute atomic E-state index is 3.68. The standard InChI is InChI=1S/C17H32N2/c1-12(2)6-17-9-18-13(3)10-19(17)11-16-8-14-4-5-15(16)7-14/h12-18H,4-11H2,1-3H3. The van der Waals surface area contributed by atoms with E-state index in [1.165, 1.54) is 45.3 Å². The average Bonchev–Trinajstić information content (AvgIpc) is 2.94. The molecule has 2 bridgehead atoms. The van der Waals surface area contributed by atoms with Crippen LogP contribution in [0.3, 0.4) is 0 Å². The van der Waals surface area contributed by atoms with Crippen LogP contribution < -0.4 is 5.32 Å². The van der Waals surface area contributed by atoms with Gasteiger partial charge in [-0.2, -0.15) is 0 Å². The number of nitrogens with zero attached hydrogens (tertiary/aromatic N) is 1. The molecule has 5 atom stereocenters. The molecule has 0 radical (unpaired) electrons. The number of hydrogen-bond donors (Lipinski definition) is 1. The molecule has 110 valence electrons. The second kappa shape index (κ2) is 5.73. The summed E-state index contributed by atoms with van der Waals surface area (Å²) < 4.78 is 0. The molecule has 1 heterocycles. The molecule has 2 heteroatoms. The Bertz CT molecular complexity index is 302. The average molecular weight is 264 g/mol. The van der Waals surface area contributed by atoms with Crippen LogP contribution >= 0.6 is 0 Å². The lowest BCUT2D eigenvalue weighted by Gasteiger charge is -2.42. The van der Waals surface area contributed by atoms with Gasteiger partial charge in [0.2, 0.25) is 0 Å². The van der Waals surface area contributed by atoms with Crippen molar-refractivity contribution < 1.29 is 0 Å². The Hall–Kier alpha value is -0.0800. The van der Waals surface area contributed by atoms with E-state index in [9.17, 15) is 0 Å². The lowest BCUT2D eigenvalue weighted by molar-refractivity contribution is 0.0866. The first kappa shape index (κ1) is 13.9. The molecule has 0 aromatic heterocycles. The van der Waals surface area contributed by atoms with Crippen LogP contribution in [0.4, 0.5) is 0 Å². The largest absolute Gasteiger partial charge is 0.311 e. The number of fused-ring (bicyclic) bond motifs is 2. The number of hydrogen-bond acceptors (Lipinski definition) is 2. The van der Waals surface area contributed by atoms with Gasteiger partial charge in [0.05, 0.1) is 0 Å². The summed E-state index contributed by atoms with van der Waals surface area (Å²) in [5.74, 6) is 4.02. The van der Waals surface area contributed by atoms with Crippen LogP contribution in [0.5, 0.6) is 0 Å². The summed E-state index contributed by atoms with van der Waals surface area (Å²) in [7, 11) is 0. The van der Waals surface area contributed by atoms with Crippen LogP contribution in [0.1, 0.15) is 52.9 Å². The van der Waals surface area contributed by atoms with Gasteiger partial charge in [-0.25, -0.2) is 0 Å². The van der Waals surface area contributed by atoms with E-state index >= 15 is 0 Å². The van der Waals surface area contributed by atoms with Crippen molar-refractivity contribution in [2.24, 2.45) is 23.7 Å². The Morgan fingerprint density at radius 3 is 2.68 bits per heavy atom. The van der Waals surface area contributed by atoms with Gasteiger partial charge >= 0.3 is 0 Å². The summed E-state index contributed by atoms with van der Waals surface area (Å²) >= 11 is 0. The highest BCUT2D eigenvalue weighted by molar-refractivity contribution is 4.94. The van der Waals surface area contributed by atoms with Crippen molar-refractivity contribution in [2.75, 3.05) is 19.6 Å². The summed E-state index contributed by atoms with van der Waals surface area (Å²) in [5.41, 5.74) is 0. The van der Waals surface area contributed by atoms with Crippen molar-refractivity contribution in [3.63, 3.8) is 0 Å². The molecule has 3 aliphatic rings. The molecular weight excluding hydrogens is 232 g/mol. The van der Waals surface area contributed by atoms with Crippen LogP contribution in [0, 0.1) is 23.7 Å². The lowest BCUT2D eigenvalue weighted by Crippen LogP contribution is -2.57. The molecule has 0 aromatic rings. The maximum Gasteiger partial charge on any atom is 0.0223 e. The monoisotopic (exact) mass is 264 g/mol. The van der Waals surface area contributed by atoms with Gasteiger partial charge in [-0.3, -0.25) is 4.90 Å². The molecule has 19 heavy (non-hydrogen) atoms. The van der Waals surface area contributed by atoms with Crippen LogP contribution in [0.15, 0.2) is 0 Å². The minimum Gasteiger partial charge on any atom is -0.311 e. The smallest absolute Gasteiger partial charge is 0.0223 e. The molecule has 2 nitrogen and oxygen atoms in total. The normalized spacial score (nSPS) is 43.3. The topological polar surface area (TPSA) is 15.3 Å². The Balaban J connectivity index is 1.59. The minimum atomic E-state index is 0.682. The Labute approximate surface area is 119 Å².